The Morgan fingerprint density at radius 1 is 1.71 bits per heavy atom. The van der Waals surface area contributed by atoms with Crippen LogP contribution in [0.3, 0.4) is 0 Å². The van der Waals surface area contributed by atoms with Crippen molar-refractivity contribution in [2.75, 3.05) is 26.4 Å². The summed E-state index contributed by atoms with van der Waals surface area (Å²) in [5.74, 6) is 0.568. The van der Waals surface area contributed by atoms with Gasteiger partial charge in [-0.2, -0.15) is 4.37 Å². The first-order valence-electron chi connectivity index (χ1n) is 4.05. The van der Waals surface area contributed by atoms with E-state index < -0.39 is 0 Å². The lowest BCUT2D eigenvalue weighted by molar-refractivity contribution is 0.0464. The van der Waals surface area contributed by atoms with Gasteiger partial charge < -0.3 is 14.2 Å². The van der Waals surface area contributed by atoms with E-state index in [1.54, 1.807) is 7.11 Å². The Morgan fingerprint density at radius 2 is 2.64 bits per heavy atom. The number of hydrogen-bond donors (Lipinski definition) is 0. The highest BCUT2D eigenvalue weighted by molar-refractivity contribution is 7.99. The summed E-state index contributed by atoms with van der Waals surface area (Å²) < 4.78 is 19.5. The van der Waals surface area contributed by atoms with Crippen LogP contribution >= 0.6 is 23.3 Å². The summed E-state index contributed by atoms with van der Waals surface area (Å²) in [6.45, 7) is 0.925. The fourth-order valence-electron chi connectivity index (χ4n) is 0.998. The fourth-order valence-corrected chi connectivity index (χ4v) is 2.36. The van der Waals surface area contributed by atoms with E-state index in [4.69, 9.17) is 14.2 Å². The Hall–Kier alpha value is -0.210. The van der Waals surface area contributed by atoms with Gasteiger partial charge in [0.2, 0.25) is 5.16 Å². The van der Waals surface area contributed by atoms with E-state index in [0.29, 0.717) is 19.3 Å². The van der Waals surface area contributed by atoms with Crippen LogP contribution in [0.5, 0.6) is 0 Å². The standard InChI is InChI=1S/C7H10N2O3S2/c1-10-4-13-7-8-6(14-9-7)5-2-11-3-12-5/h5H,2-4H2,1H3. The zero-order valence-electron chi connectivity index (χ0n) is 7.63. The van der Waals surface area contributed by atoms with E-state index in [2.05, 4.69) is 9.36 Å². The van der Waals surface area contributed by atoms with Gasteiger partial charge in [0.05, 0.1) is 12.5 Å². The van der Waals surface area contributed by atoms with E-state index in [1.807, 2.05) is 0 Å². The van der Waals surface area contributed by atoms with Gasteiger partial charge in [0.25, 0.3) is 0 Å². The van der Waals surface area contributed by atoms with Gasteiger partial charge in [0.15, 0.2) is 0 Å². The summed E-state index contributed by atoms with van der Waals surface area (Å²) in [4.78, 5) is 4.32. The van der Waals surface area contributed by atoms with Crippen LogP contribution in [-0.2, 0) is 14.2 Å². The van der Waals surface area contributed by atoms with Crippen molar-refractivity contribution in [1.29, 1.82) is 0 Å². The molecule has 7 heteroatoms. The summed E-state index contributed by atoms with van der Waals surface area (Å²) >= 11 is 2.82. The topological polar surface area (TPSA) is 53.5 Å². The first-order chi connectivity index (χ1) is 6.90. The molecule has 1 aliphatic heterocycles. The molecule has 0 aromatic carbocycles. The van der Waals surface area contributed by atoms with Gasteiger partial charge in [-0.3, -0.25) is 0 Å². The summed E-state index contributed by atoms with van der Waals surface area (Å²) in [6, 6.07) is 0. The van der Waals surface area contributed by atoms with Gasteiger partial charge in [-0.25, -0.2) is 4.98 Å². The second kappa shape index (κ2) is 5.04. The van der Waals surface area contributed by atoms with Gasteiger partial charge in [-0.05, 0) is 11.5 Å². The predicted octanol–water partition coefficient (Wildman–Crippen LogP) is 1.28. The number of ether oxygens (including phenoxy) is 3. The molecule has 0 spiro atoms. The SMILES string of the molecule is COCSc1nsc(C2COCO2)n1. The first-order valence-corrected chi connectivity index (χ1v) is 5.80. The highest BCUT2D eigenvalue weighted by atomic mass is 32.2. The van der Waals surface area contributed by atoms with Gasteiger partial charge >= 0.3 is 0 Å². The first kappa shape index (κ1) is 10.3. The molecular formula is C7H10N2O3S2. The highest BCUT2D eigenvalue weighted by Gasteiger charge is 2.22. The molecule has 78 valence electrons. The molecule has 1 unspecified atom stereocenters. The quantitative estimate of drug-likeness (QED) is 0.578. The van der Waals surface area contributed by atoms with E-state index in [0.717, 1.165) is 10.2 Å². The normalized spacial score (nSPS) is 21.6. The zero-order chi connectivity index (χ0) is 9.80. The molecular weight excluding hydrogens is 224 g/mol. The number of nitrogens with zero attached hydrogens (tertiary/aromatic N) is 2. The zero-order valence-corrected chi connectivity index (χ0v) is 9.27. The Labute approximate surface area is 89.9 Å². The van der Waals surface area contributed by atoms with Crippen molar-refractivity contribution in [3.63, 3.8) is 0 Å². The molecule has 2 heterocycles. The molecule has 5 nitrogen and oxygen atoms in total. The number of hydrogen-bond acceptors (Lipinski definition) is 7. The summed E-state index contributed by atoms with van der Waals surface area (Å²) in [5.41, 5.74) is 0. The van der Waals surface area contributed by atoms with E-state index in [1.165, 1.54) is 23.3 Å². The molecule has 0 radical (unpaired) electrons. The monoisotopic (exact) mass is 234 g/mol. The number of thioether (sulfide) groups is 1. The lowest BCUT2D eigenvalue weighted by Crippen LogP contribution is -1.98. The molecule has 1 aromatic rings. The van der Waals surface area contributed by atoms with Crippen molar-refractivity contribution in [2.45, 2.75) is 11.3 Å². The molecule has 0 amide bonds. The van der Waals surface area contributed by atoms with Crippen LogP contribution in [0.2, 0.25) is 0 Å². The second-order valence-corrected chi connectivity index (χ2v) is 4.28. The lowest BCUT2D eigenvalue weighted by Gasteiger charge is -1.99. The van der Waals surface area contributed by atoms with Crippen LogP contribution in [0.25, 0.3) is 0 Å². The minimum absolute atomic E-state index is 0.0376. The molecule has 0 saturated carbocycles. The number of methoxy groups -OCH3 is 1. The van der Waals surface area contributed by atoms with E-state index >= 15 is 0 Å². The molecule has 0 N–H and O–H groups in total. The average molecular weight is 234 g/mol. The lowest BCUT2D eigenvalue weighted by atomic mass is 10.4. The Bertz CT molecular complexity index is 288. The maximum absolute atomic E-state index is 5.30. The molecule has 14 heavy (non-hydrogen) atoms. The number of aromatic nitrogens is 2. The molecule has 2 rings (SSSR count). The van der Waals surface area contributed by atoms with Crippen LogP contribution in [-0.4, -0.2) is 35.8 Å². The largest absolute Gasteiger partial charge is 0.374 e. The average Bonchev–Trinajstić information content (AvgIpc) is 2.85. The van der Waals surface area contributed by atoms with Crippen molar-refractivity contribution in [2.24, 2.45) is 0 Å². The minimum atomic E-state index is -0.0376. The minimum Gasteiger partial charge on any atom is -0.374 e. The summed E-state index contributed by atoms with van der Waals surface area (Å²) in [5, 5.41) is 1.61. The van der Waals surface area contributed by atoms with Crippen LogP contribution in [0.4, 0.5) is 0 Å². The Morgan fingerprint density at radius 3 is 3.36 bits per heavy atom. The van der Waals surface area contributed by atoms with E-state index in [9.17, 15) is 0 Å². The van der Waals surface area contributed by atoms with Crippen LogP contribution in [0, 0.1) is 0 Å². The molecule has 1 aromatic heterocycles. The third-order valence-electron chi connectivity index (χ3n) is 1.63. The smallest absolute Gasteiger partial charge is 0.202 e. The van der Waals surface area contributed by atoms with Crippen molar-refractivity contribution in [3.05, 3.63) is 5.01 Å². The molecule has 1 aliphatic rings. The highest BCUT2D eigenvalue weighted by Crippen LogP contribution is 2.26. The Kier molecular flexibility index (Phi) is 3.71. The molecule has 1 fully saturated rings. The van der Waals surface area contributed by atoms with Gasteiger partial charge in [-0.15, -0.1) is 0 Å². The third kappa shape index (κ3) is 2.43. The van der Waals surface area contributed by atoms with Gasteiger partial charge in [0.1, 0.15) is 17.9 Å². The van der Waals surface area contributed by atoms with Gasteiger partial charge in [-0.1, -0.05) is 11.8 Å². The number of rotatable bonds is 4. The maximum atomic E-state index is 5.30. The molecule has 0 bridgehead atoms. The van der Waals surface area contributed by atoms with Crippen LogP contribution in [0.15, 0.2) is 5.16 Å². The maximum Gasteiger partial charge on any atom is 0.202 e. The third-order valence-corrected chi connectivity index (χ3v) is 3.34. The second-order valence-electron chi connectivity index (χ2n) is 2.61. The fraction of sp³-hybridized carbons (Fsp3) is 0.714. The van der Waals surface area contributed by atoms with Crippen molar-refractivity contribution in [3.8, 4) is 0 Å². The Balaban J connectivity index is 1.94. The van der Waals surface area contributed by atoms with Gasteiger partial charge in [0, 0.05) is 7.11 Å². The summed E-state index contributed by atoms with van der Waals surface area (Å²) in [7, 11) is 1.65. The van der Waals surface area contributed by atoms with Crippen molar-refractivity contribution >= 4 is 23.3 Å². The van der Waals surface area contributed by atoms with E-state index in [-0.39, 0.29) is 6.10 Å². The van der Waals surface area contributed by atoms with Crippen molar-refractivity contribution < 1.29 is 14.2 Å². The van der Waals surface area contributed by atoms with Crippen molar-refractivity contribution in [1.82, 2.24) is 9.36 Å². The molecule has 1 saturated heterocycles. The summed E-state index contributed by atoms with van der Waals surface area (Å²) in [6.07, 6.45) is -0.0376. The van der Waals surface area contributed by atoms with Crippen LogP contribution in [0.1, 0.15) is 11.1 Å². The predicted molar refractivity (Wildman–Crippen MR) is 52.3 cm³/mol. The molecule has 0 aliphatic carbocycles. The molecule has 1 atom stereocenters. The van der Waals surface area contributed by atoms with Crippen LogP contribution < -0.4 is 0 Å².